The van der Waals surface area contributed by atoms with Crippen LogP contribution in [0.1, 0.15) is 30.3 Å². The lowest BCUT2D eigenvalue weighted by atomic mass is 10.1. The number of rotatable bonds is 6. The lowest BCUT2D eigenvalue weighted by molar-refractivity contribution is 0.670. The van der Waals surface area contributed by atoms with Crippen molar-refractivity contribution in [2.75, 3.05) is 13.1 Å². The zero-order valence-corrected chi connectivity index (χ0v) is 13.2. The number of aryl methyl sites for hydroxylation is 1. The minimum Gasteiger partial charge on any atom is -0.317 e. The highest BCUT2D eigenvalue weighted by Gasteiger charge is 2.12. The van der Waals surface area contributed by atoms with E-state index in [9.17, 15) is 0 Å². The molecule has 0 unspecified atom stereocenters. The molecule has 2 rings (SSSR count). The highest BCUT2D eigenvalue weighted by molar-refractivity contribution is 6.30. The molecule has 0 bridgehead atoms. The molecule has 1 N–H and O–H groups in total. The van der Waals surface area contributed by atoms with E-state index < -0.39 is 0 Å². The van der Waals surface area contributed by atoms with Gasteiger partial charge in [-0.2, -0.15) is 5.10 Å². The summed E-state index contributed by atoms with van der Waals surface area (Å²) in [6.07, 6.45) is 2.21. The van der Waals surface area contributed by atoms with Gasteiger partial charge in [-0.25, -0.2) is 4.68 Å². The summed E-state index contributed by atoms with van der Waals surface area (Å²) >= 11 is 5.94. The van der Waals surface area contributed by atoms with Crippen molar-refractivity contribution >= 4 is 11.6 Å². The maximum Gasteiger partial charge on any atom is 0.0649 e. The van der Waals surface area contributed by atoms with Crippen LogP contribution >= 0.6 is 11.6 Å². The molecule has 0 amide bonds. The minimum absolute atomic E-state index is 0.751. The van der Waals surface area contributed by atoms with Crippen LogP contribution in [0.5, 0.6) is 0 Å². The van der Waals surface area contributed by atoms with Crippen molar-refractivity contribution in [3.8, 4) is 5.69 Å². The molecule has 0 saturated carbocycles. The first-order valence-electron chi connectivity index (χ1n) is 7.15. The van der Waals surface area contributed by atoms with Gasteiger partial charge in [0.1, 0.15) is 0 Å². The Labute approximate surface area is 126 Å². The second-order valence-corrected chi connectivity index (χ2v) is 5.43. The first-order chi connectivity index (χ1) is 9.63. The van der Waals surface area contributed by atoms with E-state index in [-0.39, 0.29) is 0 Å². The molecule has 0 aliphatic rings. The fourth-order valence-electron chi connectivity index (χ4n) is 2.44. The third kappa shape index (κ3) is 3.41. The first-order valence-corrected chi connectivity index (χ1v) is 7.53. The molecule has 0 aliphatic carbocycles. The van der Waals surface area contributed by atoms with Crippen LogP contribution < -0.4 is 5.32 Å². The number of benzene rings is 1. The van der Waals surface area contributed by atoms with Crippen molar-refractivity contribution in [2.45, 2.75) is 33.6 Å². The fraction of sp³-hybridized carbons (Fsp3) is 0.438. The predicted molar refractivity (Wildman–Crippen MR) is 84.9 cm³/mol. The Balaban J connectivity index is 2.17. The normalized spacial score (nSPS) is 11.0. The van der Waals surface area contributed by atoms with Gasteiger partial charge in [-0.15, -0.1) is 0 Å². The molecule has 4 heteroatoms. The molecule has 1 aromatic carbocycles. The predicted octanol–water partition coefficient (Wildman–Crippen LogP) is 3.68. The molecule has 0 saturated heterocycles. The Kier molecular flexibility index (Phi) is 5.21. The van der Waals surface area contributed by atoms with E-state index in [0.717, 1.165) is 42.3 Å². The van der Waals surface area contributed by atoms with Gasteiger partial charge in [0.25, 0.3) is 0 Å². The quantitative estimate of drug-likeness (QED) is 0.823. The highest BCUT2D eigenvalue weighted by Crippen LogP contribution is 2.20. The van der Waals surface area contributed by atoms with Crippen LogP contribution in [0.25, 0.3) is 5.69 Å². The number of hydrogen-bond donors (Lipinski definition) is 1. The Bertz CT molecular complexity index is 558. The molecule has 108 valence electrons. The molecule has 0 aliphatic heterocycles. The second-order valence-electron chi connectivity index (χ2n) is 4.99. The van der Waals surface area contributed by atoms with Gasteiger partial charge in [0.05, 0.1) is 11.4 Å². The molecule has 2 aromatic rings. The second kappa shape index (κ2) is 6.91. The number of halogens is 1. The summed E-state index contributed by atoms with van der Waals surface area (Å²) in [4.78, 5) is 0. The zero-order valence-electron chi connectivity index (χ0n) is 12.4. The maximum atomic E-state index is 5.94. The molecule has 1 aromatic heterocycles. The van der Waals surface area contributed by atoms with Gasteiger partial charge in [-0.1, -0.05) is 18.5 Å². The number of nitrogens with zero attached hydrogens (tertiary/aromatic N) is 2. The van der Waals surface area contributed by atoms with Crippen LogP contribution in [0.15, 0.2) is 24.3 Å². The summed E-state index contributed by atoms with van der Waals surface area (Å²) < 4.78 is 2.01. The van der Waals surface area contributed by atoms with Crippen molar-refractivity contribution in [3.63, 3.8) is 0 Å². The van der Waals surface area contributed by atoms with Gasteiger partial charge >= 0.3 is 0 Å². The number of hydrogen-bond acceptors (Lipinski definition) is 2. The molecular formula is C16H22ClN3. The number of nitrogens with one attached hydrogen (secondary N) is 1. The third-order valence-electron chi connectivity index (χ3n) is 3.54. The minimum atomic E-state index is 0.751. The standard InChI is InChI=1S/C16H22ClN3/c1-4-18-11-5-6-16-12(2)19-20(13(16)3)15-9-7-14(17)8-10-15/h7-10,18H,4-6,11H2,1-3H3. The van der Waals surface area contributed by atoms with Crippen LogP contribution in [-0.4, -0.2) is 22.9 Å². The van der Waals surface area contributed by atoms with E-state index in [1.54, 1.807) is 0 Å². The Morgan fingerprint density at radius 2 is 1.90 bits per heavy atom. The van der Waals surface area contributed by atoms with Crippen LogP contribution in [0, 0.1) is 13.8 Å². The van der Waals surface area contributed by atoms with E-state index in [4.69, 9.17) is 11.6 Å². The van der Waals surface area contributed by atoms with Crippen LogP contribution in [0.3, 0.4) is 0 Å². The van der Waals surface area contributed by atoms with Crippen LogP contribution in [0.2, 0.25) is 5.02 Å². The maximum absolute atomic E-state index is 5.94. The van der Waals surface area contributed by atoms with Gasteiger partial charge < -0.3 is 5.32 Å². The average Bonchev–Trinajstić information content (AvgIpc) is 2.72. The molecule has 0 spiro atoms. The lowest BCUT2D eigenvalue weighted by Crippen LogP contribution is -2.14. The molecule has 0 fully saturated rings. The van der Waals surface area contributed by atoms with Gasteiger partial charge in [0.15, 0.2) is 0 Å². The van der Waals surface area contributed by atoms with E-state index in [0.29, 0.717) is 0 Å². The summed E-state index contributed by atoms with van der Waals surface area (Å²) in [5, 5.41) is 8.77. The molecule has 3 nitrogen and oxygen atoms in total. The van der Waals surface area contributed by atoms with Crippen molar-refractivity contribution < 1.29 is 0 Å². The summed E-state index contributed by atoms with van der Waals surface area (Å²) in [5.41, 5.74) is 4.76. The molecule has 20 heavy (non-hydrogen) atoms. The van der Waals surface area contributed by atoms with Crippen LogP contribution in [-0.2, 0) is 6.42 Å². The Hall–Kier alpha value is -1.32. The van der Waals surface area contributed by atoms with E-state index >= 15 is 0 Å². The SMILES string of the molecule is CCNCCCc1c(C)nn(-c2ccc(Cl)cc2)c1C. The van der Waals surface area contributed by atoms with Crippen molar-refractivity contribution in [3.05, 3.63) is 46.2 Å². The summed E-state index contributed by atoms with van der Waals surface area (Å²) in [6, 6.07) is 7.81. The van der Waals surface area contributed by atoms with E-state index in [2.05, 4.69) is 31.2 Å². The van der Waals surface area contributed by atoms with E-state index in [1.165, 1.54) is 11.3 Å². The van der Waals surface area contributed by atoms with Gasteiger partial charge in [0, 0.05) is 10.7 Å². The Morgan fingerprint density at radius 1 is 1.20 bits per heavy atom. The van der Waals surface area contributed by atoms with Crippen molar-refractivity contribution in [1.29, 1.82) is 0 Å². The average molecular weight is 292 g/mol. The topological polar surface area (TPSA) is 29.9 Å². The smallest absolute Gasteiger partial charge is 0.0649 e. The largest absolute Gasteiger partial charge is 0.317 e. The van der Waals surface area contributed by atoms with E-state index in [1.807, 2.05) is 28.9 Å². The van der Waals surface area contributed by atoms with Gasteiger partial charge in [-0.3, -0.25) is 0 Å². The molecular weight excluding hydrogens is 270 g/mol. The van der Waals surface area contributed by atoms with Crippen molar-refractivity contribution in [1.82, 2.24) is 15.1 Å². The molecule has 1 heterocycles. The fourth-order valence-corrected chi connectivity index (χ4v) is 2.56. The van der Waals surface area contributed by atoms with Gasteiger partial charge in [0.2, 0.25) is 0 Å². The summed E-state index contributed by atoms with van der Waals surface area (Å²) in [7, 11) is 0. The lowest BCUT2D eigenvalue weighted by Gasteiger charge is -2.06. The Morgan fingerprint density at radius 3 is 2.55 bits per heavy atom. The van der Waals surface area contributed by atoms with Crippen molar-refractivity contribution in [2.24, 2.45) is 0 Å². The first kappa shape index (κ1) is 15.1. The molecule has 0 atom stereocenters. The van der Waals surface area contributed by atoms with Crippen LogP contribution in [0.4, 0.5) is 0 Å². The zero-order chi connectivity index (χ0) is 14.5. The third-order valence-corrected chi connectivity index (χ3v) is 3.79. The summed E-state index contributed by atoms with van der Waals surface area (Å²) in [6.45, 7) is 8.44. The highest BCUT2D eigenvalue weighted by atomic mass is 35.5. The number of aromatic nitrogens is 2. The monoisotopic (exact) mass is 291 g/mol. The summed E-state index contributed by atoms with van der Waals surface area (Å²) in [5.74, 6) is 0. The molecule has 0 radical (unpaired) electrons. The van der Waals surface area contributed by atoms with Gasteiger partial charge in [-0.05, 0) is 69.6 Å².